The molecule has 1 atom stereocenters. The number of nitrogens with zero attached hydrogens (tertiary/aromatic N) is 1. The van der Waals surface area contributed by atoms with Crippen LogP contribution >= 0.6 is 23.2 Å². The zero-order valence-electron chi connectivity index (χ0n) is 19.5. The topological polar surface area (TPSA) is 58.6 Å². The molecule has 1 fully saturated rings. The lowest BCUT2D eigenvalue weighted by molar-refractivity contribution is -0.142. The summed E-state index contributed by atoms with van der Waals surface area (Å²) in [6.07, 6.45) is 5.41. The van der Waals surface area contributed by atoms with Crippen LogP contribution in [0, 0.1) is 13.8 Å². The normalized spacial score (nSPS) is 15.1. The fourth-order valence-electron chi connectivity index (χ4n) is 4.09. The van der Waals surface area contributed by atoms with Gasteiger partial charge < -0.3 is 15.0 Å². The van der Waals surface area contributed by atoms with Crippen LogP contribution < -0.4 is 10.1 Å². The molecule has 3 rings (SSSR count). The molecule has 5 nitrogen and oxygen atoms in total. The van der Waals surface area contributed by atoms with E-state index in [2.05, 4.69) is 5.32 Å². The zero-order chi connectivity index (χ0) is 24.0. The summed E-state index contributed by atoms with van der Waals surface area (Å²) in [5.74, 6) is 0.243. The van der Waals surface area contributed by atoms with Gasteiger partial charge in [-0.05, 0) is 68.5 Å². The van der Waals surface area contributed by atoms with E-state index in [1.54, 1.807) is 24.0 Å². The SMILES string of the molecule is Cc1cccc(OCC(=O)N(Cc2ccc(Cl)c(Cl)c2)C(C)C(=O)NC2CCCCC2)c1C. The molecule has 2 aromatic carbocycles. The fourth-order valence-corrected chi connectivity index (χ4v) is 4.41. The minimum absolute atomic E-state index is 0.151. The third-order valence-electron chi connectivity index (χ3n) is 6.36. The molecule has 2 aromatic rings. The van der Waals surface area contributed by atoms with E-state index < -0.39 is 6.04 Å². The number of hydrogen-bond acceptors (Lipinski definition) is 3. The van der Waals surface area contributed by atoms with Gasteiger partial charge in [-0.2, -0.15) is 0 Å². The minimum atomic E-state index is -0.656. The molecule has 33 heavy (non-hydrogen) atoms. The third-order valence-corrected chi connectivity index (χ3v) is 7.10. The molecule has 1 aliphatic rings. The Hall–Kier alpha value is -2.24. The van der Waals surface area contributed by atoms with E-state index in [0.29, 0.717) is 15.8 Å². The molecule has 0 saturated heterocycles. The molecule has 2 amide bonds. The average molecular weight is 491 g/mol. The van der Waals surface area contributed by atoms with E-state index in [-0.39, 0.29) is 31.0 Å². The molecule has 0 aromatic heterocycles. The molecule has 1 unspecified atom stereocenters. The second kappa shape index (κ2) is 11.8. The number of halogens is 2. The first-order valence-electron chi connectivity index (χ1n) is 11.5. The second-order valence-corrected chi connectivity index (χ2v) is 9.59. The van der Waals surface area contributed by atoms with E-state index in [1.165, 1.54) is 6.42 Å². The predicted molar refractivity (Wildman–Crippen MR) is 133 cm³/mol. The first-order chi connectivity index (χ1) is 15.8. The maximum atomic E-state index is 13.3. The van der Waals surface area contributed by atoms with E-state index in [0.717, 1.165) is 42.4 Å². The largest absolute Gasteiger partial charge is 0.483 e. The summed E-state index contributed by atoms with van der Waals surface area (Å²) in [4.78, 5) is 27.9. The number of benzene rings is 2. The van der Waals surface area contributed by atoms with Gasteiger partial charge in [-0.3, -0.25) is 9.59 Å². The second-order valence-electron chi connectivity index (χ2n) is 8.78. The molecular weight excluding hydrogens is 459 g/mol. The number of hydrogen-bond donors (Lipinski definition) is 1. The van der Waals surface area contributed by atoms with Gasteiger partial charge in [0.05, 0.1) is 10.0 Å². The number of ether oxygens (including phenoxy) is 1. The van der Waals surface area contributed by atoms with Gasteiger partial charge in [0, 0.05) is 12.6 Å². The van der Waals surface area contributed by atoms with Crippen molar-refractivity contribution in [3.8, 4) is 5.75 Å². The molecule has 1 aliphatic carbocycles. The van der Waals surface area contributed by atoms with Crippen molar-refractivity contribution in [1.29, 1.82) is 0 Å². The van der Waals surface area contributed by atoms with Crippen LogP contribution in [0.5, 0.6) is 5.75 Å². The van der Waals surface area contributed by atoms with Crippen LogP contribution in [-0.2, 0) is 16.1 Å². The highest BCUT2D eigenvalue weighted by atomic mass is 35.5. The van der Waals surface area contributed by atoms with Crippen molar-refractivity contribution in [2.75, 3.05) is 6.61 Å². The molecule has 1 saturated carbocycles. The van der Waals surface area contributed by atoms with E-state index in [9.17, 15) is 9.59 Å². The first-order valence-corrected chi connectivity index (χ1v) is 12.2. The Kier molecular flexibility index (Phi) is 9.04. The van der Waals surface area contributed by atoms with Gasteiger partial charge in [-0.25, -0.2) is 0 Å². The Morgan fingerprint density at radius 3 is 2.52 bits per heavy atom. The minimum Gasteiger partial charge on any atom is -0.483 e. The highest BCUT2D eigenvalue weighted by molar-refractivity contribution is 6.42. The quantitative estimate of drug-likeness (QED) is 0.504. The van der Waals surface area contributed by atoms with Crippen molar-refractivity contribution in [2.45, 2.75) is 71.5 Å². The molecule has 0 heterocycles. The summed E-state index contributed by atoms with van der Waals surface area (Å²) in [7, 11) is 0. The van der Waals surface area contributed by atoms with Crippen LogP contribution in [0.25, 0.3) is 0 Å². The maximum Gasteiger partial charge on any atom is 0.261 e. The number of nitrogens with one attached hydrogen (secondary N) is 1. The van der Waals surface area contributed by atoms with Crippen molar-refractivity contribution in [1.82, 2.24) is 10.2 Å². The predicted octanol–water partition coefficient (Wildman–Crippen LogP) is 5.86. The molecule has 0 radical (unpaired) electrons. The van der Waals surface area contributed by atoms with Crippen molar-refractivity contribution in [2.24, 2.45) is 0 Å². The van der Waals surface area contributed by atoms with Gasteiger partial charge in [0.25, 0.3) is 5.91 Å². The van der Waals surface area contributed by atoms with Crippen molar-refractivity contribution in [3.63, 3.8) is 0 Å². The van der Waals surface area contributed by atoms with Gasteiger partial charge >= 0.3 is 0 Å². The lowest BCUT2D eigenvalue weighted by Crippen LogP contribution is -2.51. The summed E-state index contributed by atoms with van der Waals surface area (Å²) in [6, 6.07) is 10.5. The lowest BCUT2D eigenvalue weighted by atomic mass is 9.95. The highest BCUT2D eigenvalue weighted by Crippen LogP contribution is 2.25. The number of amides is 2. The standard InChI is InChI=1S/C26H32Cl2N2O3/c1-17-8-7-11-24(18(17)2)33-16-25(31)30(15-20-12-13-22(27)23(28)14-20)19(3)26(32)29-21-9-5-4-6-10-21/h7-8,11-14,19,21H,4-6,9-10,15-16H2,1-3H3,(H,29,32). The Bertz CT molecular complexity index is 989. The van der Waals surface area contributed by atoms with Crippen LogP contribution in [0.3, 0.4) is 0 Å². The molecule has 178 valence electrons. The summed E-state index contributed by atoms with van der Waals surface area (Å²) in [6.45, 7) is 5.78. The first kappa shape index (κ1) is 25.4. The van der Waals surface area contributed by atoms with Crippen LogP contribution in [0.2, 0.25) is 10.0 Å². The lowest BCUT2D eigenvalue weighted by Gasteiger charge is -2.31. The van der Waals surface area contributed by atoms with Crippen molar-refractivity contribution in [3.05, 3.63) is 63.1 Å². The molecule has 0 bridgehead atoms. The Morgan fingerprint density at radius 2 is 1.82 bits per heavy atom. The summed E-state index contributed by atoms with van der Waals surface area (Å²) in [5, 5.41) is 3.98. The van der Waals surface area contributed by atoms with Crippen molar-refractivity contribution >= 4 is 35.0 Å². The Labute approximate surface area is 206 Å². The van der Waals surface area contributed by atoms with Crippen LogP contribution in [0.4, 0.5) is 0 Å². The molecule has 0 aliphatic heterocycles. The van der Waals surface area contributed by atoms with Crippen molar-refractivity contribution < 1.29 is 14.3 Å². The van der Waals surface area contributed by atoms with Gasteiger partial charge in [0.2, 0.25) is 5.91 Å². The molecule has 1 N–H and O–H groups in total. The monoisotopic (exact) mass is 490 g/mol. The number of carbonyl (C=O) groups is 2. The van der Waals surface area contributed by atoms with E-state index in [1.807, 2.05) is 38.1 Å². The number of rotatable bonds is 8. The van der Waals surface area contributed by atoms with Gasteiger partial charge in [0.15, 0.2) is 6.61 Å². The van der Waals surface area contributed by atoms with E-state index in [4.69, 9.17) is 27.9 Å². The number of aryl methyl sites for hydroxylation is 1. The molecule has 0 spiro atoms. The summed E-state index contributed by atoms with van der Waals surface area (Å²) < 4.78 is 5.85. The Morgan fingerprint density at radius 1 is 1.09 bits per heavy atom. The van der Waals surface area contributed by atoms with E-state index >= 15 is 0 Å². The summed E-state index contributed by atoms with van der Waals surface area (Å²) in [5.41, 5.74) is 2.87. The van der Waals surface area contributed by atoms with Crippen LogP contribution in [0.15, 0.2) is 36.4 Å². The van der Waals surface area contributed by atoms with Gasteiger partial charge in [0.1, 0.15) is 11.8 Å². The smallest absolute Gasteiger partial charge is 0.261 e. The van der Waals surface area contributed by atoms with Crippen LogP contribution in [0.1, 0.15) is 55.7 Å². The maximum absolute atomic E-state index is 13.3. The fraction of sp³-hybridized carbons (Fsp3) is 0.462. The average Bonchev–Trinajstić information content (AvgIpc) is 2.80. The summed E-state index contributed by atoms with van der Waals surface area (Å²) >= 11 is 12.2. The molecular formula is C26H32Cl2N2O3. The van der Waals surface area contributed by atoms with Gasteiger partial charge in [-0.15, -0.1) is 0 Å². The highest BCUT2D eigenvalue weighted by Gasteiger charge is 2.28. The zero-order valence-corrected chi connectivity index (χ0v) is 21.0. The van der Waals surface area contributed by atoms with Gasteiger partial charge in [-0.1, -0.05) is 60.7 Å². The molecule has 7 heteroatoms. The third kappa shape index (κ3) is 6.87. The van der Waals surface area contributed by atoms with Crippen LogP contribution in [-0.4, -0.2) is 35.4 Å². The Balaban J connectivity index is 1.75. The number of carbonyl (C=O) groups excluding carboxylic acids is 2.